The standard InChI is InChI=1S/C9H11IO3/c1-2-4-11-9-7(10)6-3-5-12-8(6)13-9/h1,6-9H,3-5H2/t6-,7-,8+,9-/m0/s1. The number of terminal acetylenes is 1. The molecule has 72 valence electrons. The van der Waals surface area contributed by atoms with Crippen LogP contribution >= 0.6 is 22.6 Å². The number of ether oxygens (including phenoxy) is 3. The summed E-state index contributed by atoms with van der Waals surface area (Å²) in [7, 11) is 0. The molecular weight excluding hydrogens is 283 g/mol. The minimum Gasteiger partial charge on any atom is -0.352 e. The van der Waals surface area contributed by atoms with E-state index in [2.05, 4.69) is 28.5 Å². The zero-order chi connectivity index (χ0) is 9.26. The van der Waals surface area contributed by atoms with Gasteiger partial charge in [0.2, 0.25) is 0 Å². The molecule has 0 aromatic heterocycles. The summed E-state index contributed by atoms with van der Waals surface area (Å²) in [4.78, 5) is 0. The van der Waals surface area contributed by atoms with Crippen molar-refractivity contribution in [2.75, 3.05) is 13.2 Å². The fourth-order valence-corrected chi connectivity index (χ4v) is 2.78. The molecule has 13 heavy (non-hydrogen) atoms. The predicted octanol–water partition coefficient (Wildman–Crippen LogP) is 1.16. The molecule has 0 bridgehead atoms. The molecule has 0 aliphatic carbocycles. The SMILES string of the molecule is C#CCO[C@H]1O[C@H]2OCC[C@H]2[C@@H]1I. The predicted molar refractivity (Wildman–Crippen MR) is 55.3 cm³/mol. The van der Waals surface area contributed by atoms with Crippen LogP contribution in [0, 0.1) is 18.3 Å². The Labute approximate surface area is 91.2 Å². The Morgan fingerprint density at radius 3 is 3.15 bits per heavy atom. The van der Waals surface area contributed by atoms with Crippen molar-refractivity contribution in [3.63, 3.8) is 0 Å². The van der Waals surface area contributed by atoms with Gasteiger partial charge in [0.15, 0.2) is 12.6 Å². The normalized spacial score (nSPS) is 43.1. The van der Waals surface area contributed by atoms with Crippen LogP contribution in [0.2, 0.25) is 0 Å². The minimum atomic E-state index is -0.188. The molecule has 2 rings (SSSR count). The van der Waals surface area contributed by atoms with Gasteiger partial charge in [-0.25, -0.2) is 0 Å². The first-order chi connectivity index (χ1) is 6.33. The van der Waals surface area contributed by atoms with Gasteiger partial charge >= 0.3 is 0 Å². The third-order valence-electron chi connectivity index (χ3n) is 2.35. The van der Waals surface area contributed by atoms with Crippen LogP contribution in [0.15, 0.2) is 0 Å². The van der Waals surface area contributed by atoms with E-state index in [1.165, 1.54) is 0 Å². The molecule has 0 unspecified atom stereocenters. The molecule has 2 saturated heterocycles. The molecule has 2 aliphatic heterocycles. The van der Waals surface area contributed by atoms with Crippen LogP contribution in [0.5, 0.6) is 0 Å². The van der Waals surface area contributed by atoms with E-state index < -0.39 is 0 Å². The molecule has 3 nitrogen and oxygen atoms in total. The van der Waals surface area contributed by atoms with Crippen LogP contribution < -0.4 is 0 Å². The van der Waals surface area contributed by atoms with Gasteiger partial charge in [0.05, 0.1) is 10.5 Å². The molecule has 2 fully saturated rings. The van der Waals surface area contributed by atoms with E-state index >= 15 is 0 Å². The van der Waals surface area contributed by atoms with Gasteiger partial charge in [0, 0.05) is 5.92 Å². The van der Waals surface area contributed by atoms with Crippen molar-refractivity contribution in [1.82, 2.24) is 0 Å². The number of rotatable bonds is 2. The Morgan fingerprint density at radius 1 is 1.62 bits per heavy atom. The Morgan fingerprint density at radius 2 is 2.46 bits per heavy atom. The average Bonchev–Trinajstić information content (AvgIpc) is 2.67. The van der Waals surface area contributed by atoms with E-state index in [1.807, 2.05) is 0 Å². The van der Waals surface area contributed by atoms with Gasteiger partial charge < -0.3 is 14.2 Å². The van der Waals surface area contributed by atoms with Gasteiger partial charge in [0.1, 0.15) is 6.61 Å². The molecule has 0 N–H and O–H groups in total. The Balaban J connectivity index is 1.91. The highest BCUT2D eigenvalue weighted by Crippen LogP contribution is 2.39. The lowest BCUT2D eigenvalue weighted by molar-refractivity contribution is -0.190. The maximum Gasteiger partial charge on any atom is 0.174 e. The number of alkyl halides is 1. The lowest BCUT2D eigenvalue weighted by Crippen LogP contribution is -2.23. The molecule has 4 heteroatoms. The van der Waals surface area contributed by atoms with Crippen LogP contribution in [-0.2, 0) is 14.2 Å². The van der Waals surface area contributed by atoms with Crippen molar-refractivity contribution in [3.05, 3.63) is 0 Å². The van der Waals surface area contributed by atoms with Crippen molar-refractivity contribution >= 4 is 22.6 Å². The van der Waals surface area contributed by atoms with Crippen LogP contribution in [0.4, 0.5) is 0 Å². The molecular formula is C9H11IO3. The summed E-state index contributed by atoms with van der Waals surface area (Å²) in [6, 6.07) is 0. The summed E-state index contributed by atoms with van der Waals surface area (Å²) >= 11 is 2.35. The van der Waals surface area contributed by atoms with Crippen molar-refractivity contribution < 1.29 is 14.2 Å². The summed E-state index contributed by atoms with van der Waals surface area (Å²) < 4.78 is 16.7. The highest BCUT2D eigenvalue weighted by Gasteiger charge is 2.47. The van der Waals surface area contributed by atoms with Gasteiger partial charge in [-0.2, -0.15) is 0 Å². The lowest BCUT2D eigenvalue weighted by Gasteiger charge is -2.14. The van der Waals surface area contributed by atoms with Gasteiger partial charge in [-0.3, -0.25) is 0 Å². The monoisotopic (exact) mass is 294 g/mol. The molecule has 0 aromatic carbocycles. The second-order valence-corrected chi connectivity index (χ2v) is 4.59. The molecule has 0 saturated carbocycles. The zero-order valence-corrected chi connectivity index (χ0v) is 9.27. The number of fused-ring (bicyclic) bond motifs is 1. The molecule has 0 amide bonds. The van der Waals surface area contributed by atoms with Gasteiger partial charge in [-0.15, -0.1) is 6.42 Å². The maximum atomic E-state index is 5.55. The van der Waals surface area contributed by atoms with Crippen LogP contribution in [0.1, 0.15) is 6.42 Å². The Hall–Kier alpha value is 0.170. The van der Waals surface area contributed by atoms with Crippen LogP contribution in [-0.4, -0.2) is 29.7 Å². The molecule has 0 aromatic rings. The summed E-state index contributed by atoms with van der Waals surface area (Å²) in [6.45, 7) is 1.11. The molecule has 0 spiro atoms. The van der Waals surface area contributed by atoms with Crippen LogP contribution in [0.25, 0.3) is 0 Å². The third kappa shape index (κ3) is 1.84. The quantitative estimate of drug-likeness (QED) is 0.434. The van der Waals surface area contributed by atoms with Gasteiger partial charge in [0.25, 0.3) is 0 Å². The second kappa shape index (κ2) is 4.13. The van der Waals surface area contributed by atoms with E-state index in [4.69, 9.17) is 20.6 Å². The Kier molecular flexibility index (Phi) is 3.09. The lowest BCUT2D eigenvalue weighted by atomic mass is 10.1. The minimum absolute atomic E-state index is 0.0651. The highest BCUT2D eigenvalue weighted by atomic mass is 127. The van der Waals surface area contributed by atoms with Crippen molar-refractivity contribution in [2.45, 2.75) is 22.9 Å². The summed E-state index contributed by atoms with van der Waals surface area (Å²) in [5, 5.41) is 0. The van der Waals surface area contributed by atoms with Gasteiger partial charge in [-0.05, 0) is 6.42 Å². The molecule has 2 aliphatic rings. The summed E-state index contributed by atoms with van der Waals surface area (Å²) in [5.41, 5.74) is 0. The van der Waals surface area contributed by atoms with Crippen molar-refractivity contribution in [1.29, 1.82) is 0 Å². The first kappa shape index (κ1) is 9.71. The van der Waals surface area contributed by atoms with Crippen molar-refractivity contribution in [2.24, 2.45) is 5.92 Å². The number of hydrogen-bond acceptors (Lipinski definition) is 3. The Bertz CT molecular complexity index is 225. The van der Waals surface area contributed by atoms with E-state index in [-0.39, 0.29) is 12.6 Å². The molecule has 4 atom stereocenters. The van der Waals surface area contributed by atoms with E-state index in [0.717, 1.165) is 13.0 Å². The van der Waals surface area contributed by atoms with E-state index in [0.29, 0.717) is 16.4 Å². The van der Waals surface area contributed by atoms with E-state index in [1.54, 1.807) is 0 Å². The number of halogens is 1. The molecule has 2 heterocycles. The molecule has 0 radical (unpaired) electrons. The maximum absolute atomic E-state index is 5.55. The largest absolute Gasteiger partial charge is 0.352 e. The highest BCUT2D eigenvalue weighted by molar-refractivity contribution is 14.1. The fourth-order valence-electron chi connectivity index (χ4n) is 1.70. The first-order valence-corrected chi connectivity index (χ1v) is 5.53. The average molecular weight is 294 g/mol. The summed E-state index contributed by atoms with van der Waals surface area (Å²) in [6.07, 6.45) is 5.91. The van der Waals surface area contributed by atoms with Gasteiger partial charge in [-0.1, -0.05) is 28.5 Å². The van der Waals surface area contributed by atoms with E-state index in [9.17, 15) is 0 Å². The van der Waals surface area contributed by atoms with Crippen LogP contribution in [0.3, 0.4) is 0 Å². The second-order valence-electron chi connectivity index (χ2n) is 3.16. The summed E-state index contributed by atoms with van der Waals surface area (Å²) in [5.74, 6) is 2.91. The van der Waals surface area contributed by atoms with Crippen molar-refractivity contribution in [3.8, 4) is 12.3 Å². The fraction of sp³-hybridized carbons (Fsp3) is 0.778. The zero-order valence-electron chi connectivity index (χ0n) is 7.11. The number of hydrogen-bond donors (Lipinski definition) is 0. The smallest absolute Gasteiger partial charge is 0.174 e. The third-order valence-corrected chi connectivity index (χ3v) is 3.86. The topological polar surface area (TPSA) is 27.7 Å². The first-order valence-electron chi connectivity index (χ1n) is 4.29.